The van der Waals surface area contributed by atoms with Crippen LogP contribution in [0.4, 0.5) is 0 Å². The van der Waals surface area contributed by atoms with Gasteiger partial charge < -0.3 is 0 Å². The molecule has 0 aliphatic rings. The molecule has 0 aliphatic heterocycles. The Morgan fingerprint density at radius 3 is 0.271 bits per heavy atom. The molecule has 0 saturated heterocycles. The molecule has 8 rings (SSSR count). The second-order valence-electron chi connectivity index (χ2n) is 10.9. The van der Waals surface area contributed by atoms with Crippen LogP contribution in [0.15, 0.2) is 243 Å². The van der Waals surface area contributed by atoms with Crippen LogP contribution in [-0.2, 0) is 0 Å². The van der Waals surface area contributed by atoms with Crippen LogP contribution in [0.5, 0.6) is 0 Å². The summed E-state index contributed by atoms with van der Waals surface area (Å²) in [5.41, 5.74) is 10.2. The third-order valence-corrected chi connectivity index (χ3v) is 7.52. The van der Waals surface area contributed by atoms with Gasteiger partial charge in [-0.3, -0.25) is 0 Å². The molecule has 0 radical (unpaired) electrons. The molecule has 0 heteroatoms. The first-order valence-electron chi connectivity index (χ1n) is 16.3. The Bertz CT molecular complexity index is 1490. The van der Waals surface area contributed by atoms with Crippen molar-refractivity contribution in [2.75, 3.05) is 0 Å². The molecule has 0 spiro atoms. The first kappa shape index (κ1) is 33.1. The maximum atomic E-state index is 2.12. The summed E-state index contributed by atoms with van der Waals surface area (Å²) in [6, 6.07) is 83.1. The minimum Gasteiger partial charge on any atom is -0.0622 e. The van der Waals surface area contributed by atoms with Gasteiger partial charge in [0.2, 0.25) is 0 Å². The highest BCUT2D eigenvalue weighted by Gasteiger charge is 1.94. The van der Waals surface area contributed by atoms with Crippen molar-refractivity contribution < 1.29 is 0 Å². The molecular weight excluding hydrogens is 577 g/mol. The summed E-state index contributed by atoms with van der Waals surface area (Å²) in [7, 11) is 0. The van der Waals surface area contributed by atoms with Crippen LogP contribution in [0.25, 0.3) is 44.5 Å². The fraction of sp³-hybridized carbons (Fsp3) is 0. The average molecular weight is 617 g/mol. The molecule has 0 unspecified atom stereocenters. The summed E-state index contributed by atoms with van der Waals surface area (Å²) in [5.74, 6) is 0. The zero-order chi connectivity index (χ0) is 32.9. The maximum absolute atomic E-state index is 2.12. The van der Waals surface area contributed by atoms with Crippen molar-refractivity contribution in [3.05, 3.63) is 243 Å². The lowest BCUT2D eigenvalue weighted by molar-refractivity contribution is 1.62. The Kier molecular flexibility index (Phi) is 13.3. The summed E-state index contributed by atoms with van der Waals surface area (Å²) < 4.78 is 0. The standard InChI is InChI=1S/4C12H10/c4*1-3-7-11(8-4-1)12-9-5-2-6-10-12/h4*1-10H. The quantitative estimate of drug-likeness (QED) is 0.185. The van der Waals surface area contributed by atoms with Crippen LogP contribution < -0.4 is 0 Å². The van der Waals surface area contributed by atoms with Crippen LogP contribution in [0, 0.1) is 0 Å². The zero-order valence-electron chi connectivity index (χ0n) is 27.1. The summed E-state index contributed by atoms with van der Waals surface area (Å²) in [6.07, 6.45) is 0. The van der Waals surface area contributed by atoms with E-state index < -0.39 is 0 Å². The molecule has 0 N–H and O–H groups in total. The Labute approximate surface area is 286 Å². The van der Waals surface area contributed by atoms with E-state index in [1.165, 1.54) is 44.5 Å². The Balaban J connectivity index is 0.000000125. The zero-order valence-corrected chi connectivity index (χ0v) is 27.1. The fourth-order valence-corrected chi connectivity index (χ4v) is 5.04. The first-order valence-corrected chi connectivity index (χ1v) is 16.3. The molecule has 232 valence electrons. The van der Waals surface area contributed by atoms with Crippen molar-refractivity contribution in [1.29, 1.82) is 0 Å². The average Bonchev–Trinajstić information content (AvgIpc) is 3.21. The monoisotopic (exact) mass is 616 g/mol. The predicted octanol–water partition coefficient (Wildman–Crippen LogP) is 13.4. The predicted molar refractivity (Wildman–Crippen MR) is 208 cm³/mol. The van der Waals surface area contributed by atoms with E-state index in [-0.39, 0.29) is 0 Å². The molecule has 0 saturated carbocycles. The molecule has 0 aliphatic carbocycles. The van der Waals surface area contributed by atoms with Gasteiger partial charge in [-0.15, -0.1) is 0 Å². The largest absolute Gasteiger partial charge is 0.0622 e. The van der Waals surface area contributed by atoms with Gasteiger partial charge in [-0.25, -0.2) is 0 Å². The van der Waals surface area contributed by atoms with Crippen molar-refractivity contribution in [1.82, 2.24) is 0 Å². The van der Waals surface area contributed by atoms with Gasteiger partial charge in [0.15, 0.2) is 0 Å². The molecule has 0 bridgehead atoms. The molecule has 0 heterocycles. The van der Waals surface area contributed by atoms with Gasteiger partial charge in [-0.1, -0.05) is 243 Å². The normalized spacial score (nSPS) is 9.67. The number of hydrogen-bond donors (Lipinski definition) is 0. The van der Waals surface area contributed by atoms with E-state index in [1.807, 2.05) is 48.5 Å². The van der Waals surface area contributed by atoms with Crippen LogP contribution in [0.1, 0.15) is 0 Å². The van der Waals surface area contributed by atoms with E-state index >= 15 is 0 Å². The number of benzene rings is 8. The van der Waals surface area contributed by atoms with Gasteiger partial charge in [0, 0.05) is 0 Å². The maximum Gasteiger partial charge on any atom is -0.0184 e. The molecule has 0 amide bonds. The number of hydrogen-bond acceptors (Lipinski definition) is 0. The van der Waals surface area contributed by atoms with Gasteiger partial charge in [0.25, 0.3) is 0 Å². The molecule has 0 nitrogen and oxygen atoms in total. The lowest BCUT2D eigenvalue weighted by Gasteiger charge is -1.98. The number of rotatable bonds is 4. The van der Waals surface area contributed by atoms with E-state index in [2.05, 4.69) is 194 Å². The highest BCUT2D eigenvalue weighted by Crippen LogP contribution is 2.20. The molecule has 0 aromatic heterocycles. The third kappa shape index (κ3) is 11.0. The summed E-state index contributed by atoms with van der Waals surface area (Å²) in [5, 5.41) is 0. The highest BCUT2D eigenvalue weighted by molar-refractivity contribution is 5.65. The van der Waals surface area contributed by atoms with Crippen molar-refractivity contribution in [2.45, 2.75) is 0 Å². The van der Waals surface area contributed by atoms with Gasteiger partial charge in [0.1, 0.15) is 0 Å². The molecular formula is C48H40. The minimum absolute atomic E-state index is 1.28. The van der Waals surface area contributed by atoms with Gasteiger partial charge in [0.05, 0.1) is 0 Å². The van der Waals surface area contributed by atoms with E-state index in [1.54, 1.807) is 0 Å². The lowest BCUT2D eigenvalue weighted by atomic mass is 10.1. The molecule has 8 aromatic rings. The second-order valence-corrected chi connectivity index (χ2v) is 10.9. The molecule has 0 fully saturated rings. The van der Waals surface area contributed by atoms with Crippen molar-refractivity contribution in [3.8, 4) is 44.5 Å². The summed E-state index contributed by atoms with van der Waals surface area (Å²) >= 11 is 0. The van der Waals surface area contributed by atoms with E-state index in [9.17, 15) is 0 Å². The van der Waals surface area contributed by atoms with Crippen molar-refractivity contribution in [2.24, 2.45) is 0 Å². The Morgan fingerprint density at radius 2 is 0.188 bits per heavy atom. The lowest BCUT2D eigenvalue weighted by Crippen LogP contribution is -1.73. The topological polar surface area (TPSA) is 0 Å². The van der Waals surface area contributed by atoms with Crippen LogP contribution in [0.2, 0.25) is 0 Å². The minimum atomic E-state index is 1.28. The fourth-order valence-electron chi connectivity index (χ4n) is 5.04. The van der Waals surface area contributed by atoms with E-state index in [0.717, 1.165) is 0 Å². The third-order valence-electron chi connectivity index (χ3n) is 7.52. The van der Waals surface area contributed by atoms with Crippen LogP contribution in [-0.4, -0.2) is 0 Å². The summed E-state index contributed by atoms with van der Waals surface area (Å²) in [4.78, 5) is 0. The van der Waals surface area contributed by atoms with Crippen molar-refractivity contribution in [3.63, 3.8) is 0 Å². The van der Waals surface area contributed by atoms with E-state index in [0.29, 0.717) is 0 Å². The van der Waals surface area contributed by atoms with Crippen LogP contribution in [0.3, 0.4) is 0 Å². The Hall–Kier alpha value is -6.24. The van der Waals surface area contributed by atoms with Crippen molar-refractivity contribution >= 4 is 0 Å². The molecule has 8 aromatic carbocycles. The highest BCUT2D eigenvalue weighted by atomic mass is 14.0. The van der Waals surface area contributed by atoms with Crippen LogP contribution >= 0.6 is 0 Å². The first-order chi connectivity index (χ1) is 23.9. The Morgan fingerprint density at radius 1 is 0.104 bits per heavy atom. The van der Waals surface area contributed by atoms with Gasteiger partial charge >= 0.3 is 0 Å². The SMILES string of the molecule is c1ccc(-c2ccccc2)cc1.c1ccc(-c2ccccc2)cc1.c1ccc(-c2ccccc2)cc1.c1ccc(-c2ccccc2)cc1. The molecule has 0 atom stereocenters. The molecule has 48 heavy (non-hydrogen) atoms. The van der Waals surface area contributed by atoms with Gasteiger partial charge in [-0.2, -0.15) is 0 Å². The van der Waals surface area contributed by atoms with E-state index in [4.69, 9.17) is 0 Å². The summed E-state index contributed by atoms with van der Waals surface area (Å²) in [6.45, 7) is 0. The smallest absolute Gasteiger partial charge is 0.0184 e. The second kappa shape index (κ2) is 19.3. The van der Waals surface area contributed by atoms with Gasteiger partial charge in [-0.05, 0) is 44.5 Å².